The van der Waals surface area contributed by atoms with Gasteiger partial charge in [0.1, 0.15) is 5.75 Å². The Labute approximate surface area is 146 Å². The number of nitrogens with zero attached hydrogens (tertiary/aromatic N) is 1. The molecule has 2 aromatic rings. The maximum atomic E-state index is 12.3. The third-order valence-electron chi connectivity index (χ3n) is 3.58. The van der Waals surface area contributed by atoms with Crippen LogP contribution in [0.2, 0.25) is 0 Å². The number of ether oxygens (including phenoxy) is 1. The smallest absolute Gasteiger partial charge is 0.387 e. The summed E-state index contributed by atoms with van der Waals surface area (Å²) in [6.07, 6.45) is 0. The average Bonchev–Trinajstić information content (AvgIpc) is 2.55. The second-order valence-corrected chi connectivity index (χ2v) is 5.75. The Balaban J connectivity index is 1.93. The summed E-state index contributed by atoms with van der Waals surface area (Å²) in [6.45, 7) is 0.922. The number of benzene rings is 2. The molecule has 1 N–H and O–H groups in total. The first-order valence-corrected chi connectivity index (χ1v) is 8.07. The highest BCUT2D eigenvalue weighted by molar-refractivity contribution is 5.94. The van der Waals surface area contributed by atoms with E-state index >= 15 is 0 Å². The van der Waals surface area contributed by atoms with E-state index in [4.69, 9.17) is 0 Å². The molecule has 0 saturated carbocycles. The fourth-order valence-electron chi connectivity index (χ4n) is 2.52. The number of carbonyl (C=O) groups is 1. The van der Waals surface area contributed by atoms with Crippen LogP contribution in [-0.4, -0.2) is 31.0 Å². The summed E-state index contributed by atoms with van der Waals surface area (Å²) in [6, 6.07) is 14.1. The van der Waals surface area contributed by atoms with Crippen LogP contribution in [0.4, 0.5) is 8.78 Å². The van der Waals surface area contributed by atoms with Crippen LogP contribution in [0, 0.1) is 0 Å². The van der Waals surface area contributed by atoms with Gasteiger partial charge in [-0.15, -0.1) is 0 Å². The highest BCUT2D eigenvalue weighted by Gasteiger charge is 2.08. The standard InChI is InChI=1S/C19H22F2N2O2/c1-3-22-18(24)16-9-7-14(8-10-16)12-23(2)13-15-5-4-6-17(11-15)25-19(20)21/h4-11,19H,3,12-13H2,1-2H3,(H,22,24). The molecule has 1 amide bonds. The van der Waals surface area contributed by atoms with Crippen molar-refractivity contribution in [3.8, 4) is 5.75 Å². The lowest BCUT2D eigenvalue weighted by atomic mass is 10.1. The summed E-state index contributed by atoms with van der Waals surface area (Å²) in [5.74, 6) is 0.0745. The quantitative estimate of drug-likeness (QED) is 0.791. The van der Waals surface area contributed by atoms with Crippen molar-refractivity contribution in [2.75, 3.05) is 13.6 Å². The molecule has 0 spiro atoms. The Bertz CT molecular complexity index is 690. The van der Waals surface area contributed by atoms with E-state index in [-0.39, 0.29) is 11.7 Å². The molecular weight excluding hydrogens is 326 g/mol. The van der Waals surface area contributed by atoms with E-state index in [1.165, 1.54) is 6.07 Å². The lowest BCUT2D eigenvalue weighted by molar-refractivity contribution is -0.0499. The fraction of sp³-hybridized carbons (Fsp3) is 0.316. The Morgan fingerprint density at radius 3 is 2.44 bits per heavy atom. The highest BCUT2D eigenvalue weighted by atomic mass is 19.3. The predicted octanol–water partition coefficient (Wildman–Crippen LogP) is 3.67. The molecule has 6 heteroatoms. The van der Waals surface area contributed by atoms with Gasteiger partial charge in [0.25, 0.3) is 5.91 Å². The summed E-state index contributed by atoms with van der Waals surface area (Å²) in [5.41, 5.74) is 2.58. The van der Waals surface area contributed by atoms with Crippen molar-refractivity contribution in [2.45, 2.75) is 26.6 Å². The number of amides is 1. The van der Waals surface area contributed by atoms with E-state index in [0.717, 1.165) is 11.1 Å². The third-order valence-corrected chi connectivity index (χ3v) is 3.58. The summed E-state index contributed by atoms with van der Waals surface area (Å²) >= 11 is 0. The number of nitrogens with one attached hydrogen (secondary N) is 1. The lowest BCUT2D eigenvalue weighted by Gasteiger charge is -2.17. The minimum Gasteiger partial charge on any atom is -0.435 e. The van der Waals surface area contributed by atoms with E-state index < -0.39 is 6.61 Å². The summed E-state index contributed by atoms with van der Waals surface area (Å²) in [7, 11) is 1.94. The van der Waals surface area contributed by atoms with Crippen molar-refractivity contribution in [1.82, 2.24) is 10.2 Å². The van der Waals surface area contributed by atoms with Gasteiger partial charge >= 0.3 is 6.61 Å². The molecule has 0 aliphatic carbocycles. The Hall–Kier alpha value is -2.47. The number of halogens is 2. The molecule has 134 valence electrons. The molecule has 0 aliphatic heterocycles. The van der Waals surface area contributed by atoms with E-state index in [1.54, 1.807) is 24.3 Å². The monoisotopic (exact) mass is 348 g/mol. The van der Waals surface area contributed by atoms with Crippen LogP contribution < -0.4 is 10.1 Å². The molecule has 0 radical (unpaired) electrons. The zero-order chi connectivity index (χ0) is 18.2. The van der Waals surface area contributed by atoms with Gasteiger partial charge in [-0.05, 0) is 49.4 Å². The van der Waals surface area contributed by atoms with Crippen LogP contribution in [0.15, 0.2) is 48.5 Å². The molecule has 25 heavy (non-hydrogen) atoms. The summed E-state index contributed by atoms with van der Waals surface area (Å²) in [5, 5.41) is 2.76. The van der Waals surface area contributed by atoms with Gasteiger partial charge in [-0.1, -0.05) is 24.3 Å². The van der Waals surface area contributed by atoms with Gasteiger partial charge in [0.15, 0.2) is 0 Å². The van der Waals surface area contributed by atoms with Crippen molar-refractivity contribution in [1.29, 1.82) is 0 Å². The largest absolute Gasteiger partial charge is 0.435 e. The Morgan fingerprint density at radius 2 is 1.80 bits per heavy atom. The van der Waals surface area contributed by atoms with Crippen molar-refractivity contribution in [3.63, 3.8) is 0 Å². The third kappa shape index (κ3) is 6.15. The molecule has 0 unspecified atom stereocenters. The van der Waals surface area contributed by atoms with Crippen LogP contribution in [-0.2, 0) is 13.1 Å². The van der Waals surface area contributed by atoms with Gasteiger partial charge in [-0.3, -0.25) is 9.69 Å². The van der Waals surface area contributed by atoms with Gasteiger partial charge in [0, 0.05) is 25.2 Å². The van der Waals surface area contributed by atoms with E-state index in [1.807, 2.05) is 32.2 Å². The summed E-state index contributed by atoms with van der Waals surface area (Å²) < 4.78 is 29.0. The fourth-order valence-corrected chi connectivity index (χ4v) is 2.52. The molecule has 0 atom stereocenters. The lowest BCUT2D eigenvalue weighted by Crippen LogP contribution is -2.22. The molecule has 0 saturated heterocycles. The molecule has 2 aromatic carbocycles. The molecule has 2 rings (SSSR count). The number of rotatable bonds is 8. The minimum absolute atomic E-state index is 0.0850. The molecule has 0 bridgehead atoms. The normalized spacial score (nSPS) is 11.0. The summed E-state index contributed by atoms with van der Waals surface area (Å²) in [4.78, 5) is 13.8. The topological polar surface area (TPSA) is 41.6 Å². The molecule has 0 aliphatic rings. The molecule has 0 aromatic heterocycles. The van der Waals surface area contributed by atoms with Gasteiger partial charge < -0.3 is 10.1 Å². The van der Waals surface area contributed by atoms with Crippen LogP contribution in [0.25, 0.3) is 0 Å². The van der Waals surface area contributed by atoms with Gasteiger partial charge in [0.05, 0.1) is 0 Å². The van der Waals surface area contributed by atoms with Crippen LogP contribution in [0.5, 0.6) is 5.75 Å². The second-order valence-electron chi connectivity index (χ2n) is 5.75. The highest BCUT2D eigenvalue weighted by Crippen LogP contribution is 2.17. The molecular formula is C19H22F2N2O2. The average molecular weight is 348 g/mol. The van der Waals surface area contributed by atoms with Crippen molar-refractivity contribution in [3.05, 3.63) is 65.2 Å². The number of carbonyl (C=O) groups excluding carboxylic acids is 1. The Morgan fingerprint density at radius 1 is 1.12 bits per heavy atom. The van der Waals surface area contributed by atoms with Crippen molar-refractivity contribution >= 4 is 5.91 Å². The van der Waals surface area contributed by atoms with Crippen molar-refractivity contribution in [2.24, 2.45) is 0 Å². The molecule has 4 nitrogen and oxygen atoms in total. The number of alkyl halides is 2. The Kier molecular flexibility index (Phi) is 6.89. The van der Waals surface area contributed by atoms with Crippen LogP contribution in [0.1, 0.15) is 28.4 Å². The number of hydrogen-bond donors (Lipinski definition) is 1. The van der Waals surface area contributed by atoms with Crippen LogP contribution >= 0.6 is 0 Å². The van der Waals surface area contributed by atoms with Crippen molar-refractivity contribution < 1.29 is 18.3 Å². The van der Waals surface area contributed by atoms with E-state index in [9.17, 15) is 13.6 Å². The van der Waals surface area contributed by atoms with Gasteiger partial charge in [-0.2, -0.15) is 8.78 Å². The van der Waals surface area contributed by atoms with Gasteiger partial charge in [0.2, 0.25) is 0 Å². The first kappa shape index (κ1) is 18.9. The maximum Gasteiger partial charge on any atom is 0.387 e. The zero-order valence-electron chi connectivity index (χ0n) is 14.3. The van der Waals surface area contributed by atoms with E-state index in [0.29, 0.717) is 25.2 Å². The number of hydrogen-bond acceptors (Lipinski definition) is 3. The molecule has 0 fully saturated rings. The van der Waals surface area contributed by atoms with Gasteiger partial charge in [-0.25, -0.2) is 0 Å². The maximum absolute atomic E-state index is 12.3. The van der Waals surface area contributed by atoms with E-state index in [2.05, 4.69) is 15.0 Å². The van der Waals surface area contributed by atoms with Crippen LogP contribution in [0.3, 0.4) is 0 Å². The SMILES string of the molecule is CCNC(=O)c1ccc(CN(C)Cc2cccc(OC(F)F)c2)cc1. The zero-order valence-corrected chi connectivity index (χ0v) is 14.3. The molecule has 0 heterocycles. The second kappa shape index (κ2) is 9.13. The predicted molar refractivity (Wildman–Crippen MR) is 92.7 cm³/mol. The first-order valence-electron chi connectivity index (χ1n) is 8.07. The minimum atomic E-state index is -2.82. The first-order chi connectivity index (χ1) is 12.0.